The summed E-state index contributed by atoms with van der Waals surface area (Å²) in [4.78, 5) is 13.8. The van der Waals surface area contributed by atoms with Crippen LogP contribution in [0.5, 0.6) is 11.5 Å². The summed E-state index contributed by atoms with van der Waals surface area (Å²) in [6.45, 7) is 3.54. The van der Waals surface area contributed by atoms with E-state index in [0.29, 0.717) is 12.2 Å². The maximum atomic E-state index is 11.7. The van der Waals surface area contributed by atoms with E-state index in [9.17, 15) is 9.90 Å². The van der Waals surface area contributed by atoms with E-state index in [1.165, 1.54) is 0 Å². The van der Waals surface area contributed by atoms with Crippen molar-refractivity contribution in [2.75, 3.05) is 27.2 Å². The number of benzene rings is 3. The second-order valence-electron chi connectivity index (χ2n) is 7.95. The van der Waals surface area contributed by atoms with Crippen molar-refractivity contribution in [1.29, 1.82) is 0 Å². The van der Waals surface area contributed by atoms with Gasteiger partial charge in [0.05, 0.1) is 0 Å². The molecule has 3 aromatic rings. The summed E-state index contributed by atoms with van der Waals surface area (Å²) in [6.07, 6.45) is 0.753. The number of allylic oxidation sites excluding steroid dienone is 1. The van der Waals surface area contributed by atoms with E-state index < -0.39 is 5.91 Å². The standard InChI is InChI=1S/C27H30N2O4/c1-4-25(19-5-7-22(8-6-19)27(31)28-32)26(20-9-13-23(30)14-10-20)21-11-15-24(16-12-21)33-18-17-29(2)3/h5-16,30,32H,4,17-18H2,1-3H3,(H,28,31)/b26-25-. The van der Waals surface area contributed by atoms with Crippen LogP contribution in [0.25, 0.3) is 11.1 Å². The Bertz CT molecular complexity index is 1090. The van der Waals surface area contributed by atoms with Gasteiger partial charge in [-0.15, -0.1) is 0 Å². The molecule has 0 aliphatic rings. The van der Waals surface area contributed by atoms with Gasteiger partial charge in [0.1, 0.15) is 18.1 Å². The predicted octanol–water partition coefficient (Wildman–Crippen LogP) is 4.82. The zero-order valence-corrected chi connectivity index (χ0v) is 19.2. The van der Waals surface area contributed by atoms with Crippen LogP contribution in [-0.2, 0) is 0 Å². The average Bonchev–Trinajstić information content (AvgIpc) is 2.83. The van der Waals surface area contributed by atoms with E-state index in [4.69, 9.17) is 9.94 Å². The molecular formula is C27H30N2O4. The maximum Gasteiger partial charge on any atom is 0.274 e. The van der Waals surface area contributed by atoms with Gasteiger partial charge in [-0.25, -0.2) is 5.48 Å². The molecule has 0 fully saturated rings. The number of hydrogen-bond acceptors (Lipinski definition) is 5. The lowest BCUT2D eigenvalue weighted by Gasteiger charge is -2.17. The SMILES string of the molecule is CC/C(=C(\c1ccc(O)cc1)c1ccc(OCCN(C)C)cc1)c1ccc(C(=O)NO)cc1. The fourth-order valence-electron chi connectivity index (χ4n) is 3.62. The molecule has 172 valence electrons. The smallest absolute Gasteiger partial charge is 0.274 e. The van der Waals surface area contributed by atoms with Crippen LogP contribution in [0.3, 0.4) is 0 Å². The summed E-state index contributed by atoms with van der Waals surface area (Å²) in [5, 5.41) is 18.7. The highest BCUT2D eigenvalue weighted by Gasteiger charge is 2.14. The molecule has 0 unspecified atom stereocenters. The van der Waals surface area contributed by atoms with Crippen LogP contribution >= 0.6 is 0 Å². The number of carbonyl (C=O) groups is 1. The molecule has 0 heterocycles. The molecule has 0 radical (unpaired) electrons. The first-order chi connectivity index (χ1) is 15.9. The van der Waals surface area contributed by atoms with E-state index in [1.807, 2.05) is 62.6 Å². The van der Waals surface area contributed by atoms with Gasteiger partial charge in [-0.2, -0.15) is 0 Å². The lowest BCUT2D eigenvalue weighted by Crippen LogP contribution is -2.19. The number of ether oxygens (including phenoxy) is 1. The summed E-state index contributed by atoms with van der Waals surface area (Å²) in [5.41, 5.74) is 7.14. The van der Waals surface area contributed by atoms with E-state index in [-0.39, 0.29) is 5.75 Å². The van der Waals surface area contributed by atoms with Gasteiger partial charge in [0.25, 0.3) is 5.91 Å². The number of nitrogens with one attached hydrogen (secondary N) is 1. The Morgan fingerprint density at radius 1 is 0.848 bits per heavy atom. The molecule has 1 amide bonds. The number of rotatable bonds is 9. The van der Waals surface area contributed by atoms with Gasteiger partial charge in [0.2, 0.25) is 0 Å². The van der Waals surface area contributed by atoms with Crippen molar-refractivity contribution >= 4 is 17.1 Å². The van der Waals surface area contributed by atoms with Crippen molar-refractivity contribution in [3.63, 3.8) is 0 Å². The number of likely N-dealkylation sites (N-methyl/N-ethyl adjacent to an activating group) is 1. The molecule has 0 aliphatic carbocycles. The number of nitrogens with zero attached hydrogens (tertiary/aromatic N) is 1. The Hall–Kier alpha value is -3.61. The zero-order chi connectivity index (χ0) is 23.8. The van der Waals surface area contributed by atoms with Crippen molar-refractivity contribution in [1.82, 2.24) is 10.4 Å². The molecule has 0 saturated heterocycles. The monoisotopic (exact) mass is 446 g/mol. The van der Waals surface area contributed by atoms with Gasteiger partial charge < -0.3 is 14.7 Å². The zero-order valence-electron chi connectivity index (χ0n) is 19.2. The third-order valence-electron chi connectivity index (χ3n) is 5.36. The van der Waals surface area contributed by atoms with Crippen LogP contribution in [0.1, 0.15) is 40.4 Å². The number of amides is 1. The van der Waals surface area contributed by atoms with Crippen molar-refractivity contribution in [3.8, 4) is 11.5 Å². The number of phenols is 1. The van der Waals surface area contributed by atoms with Gasteiger partial charge in [-0.1, -0.05) is 43.3 Å². The highest BCUT2D eigenvalue weighted by Crippen LogP contribution is 2.35. The minimum atomic E-state index is -0.549. The highest BCUT2D eigenvalue weighted by atomic mass is 16.5. The topological polar surface area (TPSA) is 82.0 Å². The van der Waals surface area contributed by atoms with Gasteiger partial charge in [0.15, 0.2) is 0 Å². The summed E-state index contributed by atoms with van der Waals surface area (Å²) >= 11 is 0. The van der Waals surface area contributed by atoms with E-state index in [0.717, 1.165) is 46.6 Å². The minimum absolute atomic E-state index is 0.208. The molecular weight excluding hydrogens is 416 g/mol. The maximum absolute atomic E-state index is 11.7. The van der Waals surface area contributed by atoms with Crippen LogP contribution in [0.15, 0.2) is 72.8 Å². The molecule has 6 nitrogen and oxygen atoms in total. The van der Waals surface area contributed by atoms with Gasteiger partial charge in [0, 0.05) is 12.1 Å². The fourth-order valence-corrected chi connectivity index (χ4v) is 3.62. The summed E-state index contributed by atoms with van der Waals surface area (Å²) in [7, 11) is 4.02. The van der Waals surface area contributed by atoms with Gasteiger partial charge >= 0.3 is 0 Å². The van der Waals surface area contributed by atoms with Crippen LogP contribution in [0.2, 0.25) is 0 Å². The average molecular weight is 447 g/mol. The lowest BCUT2D eigenvalue weighted by molar-refractivity contribution is 0.0706. The van der Waals surface area contributed by atoms with Crippen LogP contribution in [-0.4, -0.2) is 48.4 Å². The number of aromatic hydroxyl groups is 1. The third-order valence-corrected chi connectivity index (χ3v) is 5.36. The Morgan fingerprint density at radius 2 is 1.36 bits per heavy atom. The molecule has 6 heteroatoms. The van der Waals surface area contributed by atoms with Crippen LogP contribution in [0.4, 0.5) is 0 Å². The van der Waals surface area contributed by atoms with E-state index in [2.05, 4.69) is 11.8 Å². The predicted molar refractivity (Wildman–Crippen MR) is 130 cm³/mol. The number of hydroxylamine groups is 1. The summed E-state index contributed by atoms with van der Waals surface area (Å²) in [5.74, 6) is 0.468. The Morgan fingerprint density at radius 3 is 1.88 bits per heavy atom. The van der Waals surface area contributed by atoms with E-state index in [1.54, 1.807) is 29.7 Å². The van der Waals surface area contributed by atoms with Crippen LogP contribution in [0, 0.1) is 0 Å². The van der Waals surface area contributed by atoms with Crippen molar-refractivity contribution in [3.05, 3.63) is 95.1 Å². The number of hydrogen-bond donors (Lipinski definition) is 3. The first kappa shape index (κ1) is 24.0. The molecule has 0 saturated carbocycles. The van der Waals surface area contributed by atoms with E-state index >= 15 is 0 Å². The molecule has 3 rings (SSSR count). The number of carbonyl (C=O) groups excluding carboxylic acids is 1. The first-order valence-corrected chi connectivity index (χ1v) is 10.9. The van der Waals surface area contributed by atoms with Crippen molar-refractivity contribution in [2.45, 2.75) is 13.3 Å². The first-order valence-electron chi connectivity index (χ1n) is 10.9. The largest absolute Gasteiger partial charge is 0.508 e. The Balaban J connectivity index is 2.04. The fraction of sp³-hybridized carbons (Fsp3) is 0.222. The van der Waals surface area contributed by atoms with Gasteiger partial charge in [-0.3, -0.25) is 10.0 Å². The lowest BCUT2D eigenvalue weighted by atomic mass is 9.88. The Labute approximate surface area is 194 Å². The molecule has 0 aliphatic heterocycles. The third kappa shape index (κ3) is 6.22. The van der Waals surface area contributed by atoms with Crippen molar-refractivity contribution in [2.24, 2.45) is 0 Å². The molecule has 33 heavy (non-hydrogen) atoms. The molecule has 0 atom stereocenters. The molecule has 0 spiro atoms. The molecule has 3 N–H and O–H groups in total. The second-order valence-corrected chi connectivity index (χ2v) is 7.95. The Kier molecular flexibility index (Phi) is 8.24. The summed E-state index contributed by atoms with van der Waals surface area (Å²) in [6, 6.07) is 22.3. The molecule has 3 aromatic carbocycles. The molecule has 0 aromatic heterocycles. The van der Waals surface area contributed by atoms with Crippen molar-refractivity contribution < 1.29 is 19.8 Å². The quantitative estimate of drug-likeness (QED) is 0.249. The highest BCUT2D eigenvalue weighted by molar-refractivity contribution is 5.99. The van der Waals surface area contributed by atoms with Gasteiger partial charge in [-0.05, 0) is 84.8 Å². The second kappa shape index (κ2) is 11.3. The molecule has 0 bridgehead atoms. The number of phenolic OH excluding ortho intramolecular Hbond substituents is 1. The minimum Gasteiger partial charge on any atom is -0.508 e. The van der Waals surface area contributed by atoms with Crippen LogP contribution < -0.4 is 10.2 Å². The normalized spacial score (nSPS) is 11.8. The summed E-state index contributed by atoms with van der Waals surface area (Å²) < 4.78 is 5.84.